The summed E-state index contributed by atoms with van der Waals surface area (Å²) in [6.07, 6.45) is 0.968. The molecule has 1 rings (SSSR count). The Labute approximate surface area is 54.8 Å². The van der Waals surface area contributed by atoms with Gasteiger partial charge in [0.15, 0.2) is 0 Å². The van der Waals surface area contributed by atoms with E-state index in [0.717, 1.165) is 13.0 Å². The number of carbonyl (C=O) groups is 1. The van der Waals surface area contributed by atoms with Gasteiger partial charge in [0.1, 0.15) is 0 Å². The van der Waals surface area contributed by atoms with Crippen molar-refractivity contribution in [2.45, 2.75) is 13.3 Å². The lowest BCUT2D eigenvalue weighted by molar-refractivity contribution is -0.130. The van der Waals surface area contributed by atoms with Gasteiger partial charge < -0.3 is 10.6 Å². The van der Waals surface area contributed by atoms with Crippen molar-refractivity contribution in [1.82, 2.24) is 4.90 Å². The normalized spacial score (nSPS) is 27.6. The SMILES string of the molecule is CC1CCN(CN)C1=O. The lowest BCUT2D eigenvalue weighted by atomic mass is 10.1. The number of nitrogens with zero attached hydrogens (tertiary/aromatic N) is 1. The predicted molar refractivity (Wildman–Crippen MR) is 34.5 cm³/mol. The first kappa shape index (κ1) is 6.55. The molecule has 0 aromatic heterocycles. The Balaban J connectivity index is 2.51. The van der Waals surface area contributed by atoms with Gasteiger partial charge in [-0.3, -0.25) is 4.79 Å². The van der Waals surface area contributed by atoms with E-state index < -0.39 is 0 Å². The molecule has 1 heterocycles. The molecule has 1 amide bonds. The fourth-order valence-corrected chi connectivity index (χ4v) is 1.08. The molecule has 0 radical (unpaired) electrons. The number of carbonyl (C=O) groups excluding carboxylic acids is 1. The van der Waals surface area contributed by atoms with Crippen molar-refractivity contribution < 1.29 is 4.79 Å². The maximum atomic E-state index is 11.0. The Morgan fingerprint density at radius 3 is 2.78 bits per heavy atom. The van der Waals surface area contributed by atoms with Crippen LogP contribution in [-0.2, 0) is 4.79 Å². The zero-order valence-corrected chi connectivity index (χ0v) is 5.63. The van der Waals surface area contributed by atoms with Crippen LogP contribution in [0.5, 0.6) is 0 Å². The Hall–Kier alpha value is -0.570. The summed E-state index contributed by atoms with van der Waals surface area (Å²) in [7, 11) is 0. The van der Waals surface area contributed by atoms with Gasteiger partial charge >= 0.3 is 0 Å². The van der Waals surface area contributed by atoms with Gasteiger partial charge in [-0.1, -0.05) is 6.92 Å². The number of hydrogen-bond donors (Lipinski definition) is 1. The number of amides is 1. The van der Waals surface area contributed by atoms with Crippen molar-refractivity contribution in [2.75, 3.05) is 13.2 Å². The quantitative estimate of drug-likeness (QED) is 0.530. The van der Waals surface area contributed by atoms with E-state index in [4.69, 9.17) is 5.73 Å². The molecule has 52 valence electrons. The molecule has 0 aromatic rings. The molecule has 0 saturated carbocycles. The third-order valence-corrected chi connectivity index (χ3v) is 1.79. The van der Waals surface area contributed by atoms with Crippen molar-refractivity contribution in [1.29, 1.82) is 0 Å². The molecule has 1 saturated heterocycles. The van der Waals surface area contributed by atoms with Gasteiger partial charge in [-0.15, -0.1) is 0 Å². The zero-order valence-electron chi connectivity index (χ0n) is 5.63. The van der Waals surface area contributed by atoms with Crippen LogP contribution in [0.3, 0.4) is 0 Å². The summed E-state index contributed by atoms with van der Waals surface area (Å²) in [5, 5.41) is 0. The van der Waals surface area contributed by atoms with E-state index in [9.17, 15) is 4.79 Å². The highest BCUT2D eigenvalue weighted by atomic mass is 16.2. The van der Waals surface area contributed by atoms with Crippen molar-refractivity contribution in [3.05, 3.63) is 0 Å². The molecule has 0 aliphatic carbocycles. The van der Waals surface area contributed by atoms with Crippen LogP contribution >= 0.6 is 0 Å². The average Bonchev–Trinajstić information content (AvgIpc) is 2.15. The molecule has 0 bridgehead atoms. The Morgan fingerprint density at radius 1 is 1.89 bits per heavy atom. The summed E-state index contributed by atoms with van der Waals surface area (Å²) in [4.78, 5) is 12.7. The van der Waals surface area contributed by atoms with Crippen molar-refractivity contribution >= 4 is 5.91 Å². The van der Waals surface area contributed by atoms with Crippen molar-refractivity contribution in [3.8, 4) is 0 Å². The lowest BCUT2D eigenvalue weighted by Gasteiger charge is -2.11. The van der Waals surface area contributed by atoms with Crippen LogP contribution in [0.2, 0.25) is 0 Å². The molecule has 2 N–H and O–H groups in total. The molecule has 1 aliphatic rings. The molecule has 9 heavy (non-hydrogen) atoms. The first-order valence-corrected chi connectivity index (χ1v) is 3.24. The Kier molecular flexibility index (Phi) is 1.71. The fourth-order valence-electron chi connectivity index (χ4n) is 1.08. The lowest BCUT2D eigenvalue weighted by Crippen LogP contribution is -2.32. The highest BCUT2D eigenvalue weighted by molar-refractivity contribution is 5.80. The average molecular weight is 128 g/mol. The second-order valence-electron chi connectivity index (χ2n) is 2.47. The predicted octanol–water partition coefficient (Wildman–Crippen LogP) is -0.229. The molecule has 1 atom stereocenters. The van der Waals surface area contributed by atoms with Crippen molar-refractivity contribution in [2.24, 2.45) is 11.7 Å². The zero-order chi connectivity index (χ0) is 6.85. The molecule has 3 heteroatoms. The minimum Gasteiger partial charge on any atom is -0.330 e. The van der Waals surface area contributed by atoms with E-state index in [1.807, 2.05) is 6.92 Å². The summed E-state index contributed by atoms with van der Waals surface area (Å²) in [5.41, 5.74) is 5.29. The number of hydrogen-bond acceptors (Lipinski definition) is 2. The van der Waals surface area contributed by atoms with Gasteiger partial charge in [-0.2, -0.15) is 0 Å². The van der Waals surface area contributed by atoms with Crippen LogP contribution in [0.25, 0.3) is 0 Å². The summed E-state index contributed by atoms with van der Waals surface area (Å²) in [6, 6.07) is 0. The van der Waals surface area contributed by atoms with Crippen LogP contribution < -0.4 is 5.73 Å². The van der Waals surface area contributed by atoms with Crippen LogP contribution in [0, 0.1) is 5.92 Å². The van der Waals surface area contributed by atoms with Crippen LogP contribution in [0.4, 0.5) is 0 Å². The summed E-state index contributed by atoms with van der Waals surface area (Å²) < 4.78 is 0. The molecule has 1 aliphatic heterocycles. The molecule has 0 spiro atoms. The maximum Gasteiger partial charge on any atom is 0.226 e. The van der Waals surface area contributed by atoms with Gasteiger partial charge in [0.25, 0.3) is 0 Å². The first-order chi connectivity index (χ1) is 4.25. The minimum absolute atomic E-state index is 0.202. The monoisotopic (exact) mass is 128 g/mol. The molecule has 0 aromatic carbocycles. The Morgan fingerprint density at radius 2 is 2.56 bits per heavy atom. The highest BCUT2D eigenvalue weighted by Crippen LogP contribution is 2.14. The number of rotatable bonds is 1. The van der Waals surface area contributed by atoms with E-state index in [2.05, 4.69) is 0 Å². The first-order valence-electron chi connectivity index (χ1n) is 3.24. The molecule has 3 nitrogen and oxygen atoms in total. The van der Waals surface area contributed by atoms with Crippen LogP contribution in [0.15, 0.2) is 0 Å². The Bertz CT molecular complexity index is 124. The number of likely N-dealkylation sites (tertiary alicyclic amines) is 1. The summed E-state index contributed by atoms with van der Waals surface area (Å²) >= 11 is 0. The van der Waals surface area contributed by atoms with Gasteiger partial charge in [-0.05, 0) is 6.42 Å². The van der Waals surface area contributed by atoms with Gasteiger partial charge in [0.2, 0.25) is 5.91 Å². The topological polar surface area (TPSA) is 46.3 Å². The van der Waals surface area contributed by atoms with E-state index in [-0.39, 0.29) is 11.8 Å². The van der Waals surface area contributed by atoms with E-state index in [1.165, 1.54) is 0 Å². The van der Waals surface area contributed by atoms with E-state index in [1.54, 1.807) is 4.90 Å². The standard InChI is InChI=1S/C6H12N2O/c1-5-2-3-8(4-7)6(5)9/h5H,2-4,7H2,1H3. The minimum atomic E-state index is 0.202. The smallest absolute Gasteiger partial charge is 0.226 e. The van der Waals surface area contributed by atoms with E-state index in [0.29, 0.717) is 6.67 Å². The van der Waals surface area contributed by atoms with Crippen LogP contribution in [-0.4, -0.2) is 24.0 Å². The third kappa shape index (κ3) is 1.05. The fraction of sp³-hybridized carbons (Fsp3) is 0.833. The van der Waals surface area contributed by atoms with Gasteiger partial charge in [0, 0.05) is 12.5 Å². The van der Waals surface area contributed by atoms with Gasteiger partial charge in [0.05, 0.1) is 6.67 Å². The highest BCUT2D eigenvalue weighted by Gasteiger charge is 2.26. The summed E-state index contributed by atoms with van der Waals surface area (Å²) in [5.74, 6) is 0.408. The largest absolute Gasteiger partial charge is 0.330 e. The molecular formula is C6H12N2O. The molecular weight excluding hydrogens is 116 g/mol. The second-order valence-corrected chi connectivity index (χ2v) is 2.47. The van der Waals surface area contributed by atoms with E-state index >= 15 is 0 Å². The van der Waals surface area contributed by atoms with Gasteiger partial charge in [-0.25, -0.2) is 0 Å². The van der Waals surface area contributed by atoms with Crippen molar-refractivity contribution in [3.63, 3.8) is 0 Å². The maximum absolute atomic E-state index is 11.0. The summed E-state index contributed by atoms with van der Waals surface area (Å²) in [6.45, 7) is 3.16. The molecule has 1 unspecified atom stereocenters. The molecule has 1 fully saturated rings. The second kappa shape index (κ2) is 2.35. The number of nitrogens with two attached hydrogens (primary N) is 1. The third-order valence-electron chi connectivity index (χ3n) is 1.79. The van der Waals surface area contributed by atoms with Crippen LogP contribution in [0.1, 0.15) is 13.3 Å².